The van der Waals surface area contributed by atoms with Crippen molar-refractivity contribution in [1.82, 2.24) is 0 Å². The van der Waals surface area contributed by atoms with Crippen molar-refractivity contribution < 1.29 is 15.0 Å². The molecule has 1 rings (SSSR count). The third kappa shape index (κ3) is 1.80. The van der Waals surface area contributed by atoms with Crippen molar-refractivity contribution in [3.05, 3.63) is 29.3 Å². The summed E-state index contributed by atoms with van der Waals surface area (Å²) in [6.45, 7) is 3.30. The summed E-state index contributed by atoms with van der Waals surface area (Å²) in [6.07, 6.45) is 0. The highest BCUT2D eigenvalue weighted by Gasteiger charge is 2.17. The summed E-state index contributed by atoms with van der Waals surface area (Å²) >= 11 is 0. The molecule has 0 saturated heterocycles. The molecule has 0 aliphatic rings. The molecule has 0 aliphatic heterocycles. The van der Waals surface area contributed by atoms with Gasteiger partial charge in [-0.15, -0.1) is 0 Å². The molecule has 0 bridgehead atoms. The molecule has 13 heavy (non-hydrogen) atoms. The van der Waals surface area contributed by atoms with Crippen LogP contribution in [0.25, 0.3) is 0 Å². The molecule has 0 saturated carbocycles. The minimum Gasteiger partial charge on any atom is -0.507 e. The molecule has 2 N–H and O–H groups in total. The summed E-state index contributed by atoms with van der Waals surface area (Å²) in [6, 6.07) is 5.11. The molecule has 0 aromatic heterocycles. The summed E-state index contributed by atoms with van der Waals surface area (Å²) < 4.78 is 0. The van der Waals surface area contributed by atoms with Crippen LogP contribution in [0, 0.1) is 6.92 Å². The topological polar surface area (TPSA) is 57.5 Å². The Morgan fingerprint density at radius 2 is 2.08 bits per heavy atom. The Labute approximate surface area is 76.6 Å². The zero-order chi connectivity index (χ0) is 10.0. The first-order valence-electron chi connectivity index (χ1n) is 4.05. The van der Waals surface area contributed by atoms with Gasteiger partial charge in [-0.1, -0.05) is 18.2 Å². The zero-order valence-electron chi connectivity index (χ0n) is 7.61. The summed E-state index contributed by atoms with van der Waals surface area (Å²) in [5.74, 6) is -1.52. The Hall–Kier alpha value is -1.51. The Kier molecular flexibility index (Phi) is 2.56. The van der Waals surface area contributed by atoms with E-state index >= 15 is 0 Å². The molecule has 3 nitrogen and oxygen atoms in total. The number of aryl methyl sites for hydroxylation is 1. The van der Waals surface area contributed by atoms with Gasteiger partial charge >= 0.3 is 5.97 Å². The van der Waals surface area contributed by atoms with Gasteiger partial charge in [0, 0.05) is 5.56 Å². The number of phenolic OH excluding ortho intramolecular Hbond substituents is 1. The molecule has 0 radical (unpaired) electrons. The van der Waals surface area contributed by atoms with Gasteiger partial charge in [0.05, 0.1) is 5.92 Å². The van der Waals surface area contributed by atoms with Crippen molar-refractivity contribution in [3.63, 3.8) is 0 Å². The van der Waals surface area contributed by atoms with E-state index in [1.807, 2.05) is 0 Å². The second-order valence-corrected chi connectivity index (χ2v) is 3.07. The van der Waals surface area contributed by atoms with Crippen LogP contribution < -0.4 is 0 Å². The summed E-state index contributed by atoms with van der Waals surface area (Å²) in [4.78, 5) is 10.7. The number of para-hydroxylation sites is 1. The number of aliphatic carboxylic acids is 1. The quantitative estimate of drug-likeness (QED) is 0.730. The number of hydrogen-bond donors (Lipinski definition) is 2. The van der Waals surface area contributed by atoms with Gasteiger partial charge in [-0.25, -0.2) is 0 Å². The first-order valence-corrected chi connectivity index (χ1v) is 4.05. The van der Waals surface area contributed by atoms with Gasteiger partial charge in [0.25, 0.3) is 0 Å². The molecule has 0 fully saturated rings. The number of hydrogen-bond acceptors (Lipinski definition) is 2. The second kappa shape index (κ2) is 3.47. The first kappa shape index (κ1) is 9.58. The molecule has 70 valence electrons. The Balaban J connectivity index is 3.15. The van der Waals surface area contributed by atoms with Crippen molar-refractivity contribution in [2.45, 2.75) is 19.8 Å². The number of carboxylic acids is 1. The third-order valence-electron chi connectivity index (χ3n) is 2.11. The van der Waals surface area contributed by atoms with Crippen LogP contribution >= 0.6 is 0 Å². The van der Waals surface area contributed by atoms with Crippen molar-refractivity contribution in [2.24, 2.45) is 0 Å². The molecule has 0 amide bonds. The maximum atomic E-state index is 10.7. The number of phenols is 1. The number of carbonyl (C=O) groups is 1. The fourth-order valence-corrected chi connectivity index (χ4v) is 1.16. The minimum atomic E-state index is -0.930. The lowest BCUT2D eigenvalue weighted by molar-refractivity contribution is -0.138. The molecule has 0 heterocycles. The predicted molar refractivity (Wildman–Crippen MR) is 48.9 cm³/mol. The largest absolute Gasteiger partial charge is 0.507 e. The normalized spacial score (nSPS) is 12.5. The lowest BCUT2D eigenvalue weighted by Gasteiger charge is -2.10. The maximum absolute atomic E-state index is 10.7. The van der Waals surface area contributed by atoms with E-state index in [0.717, 1.165) is 0 Å². The van der Waals surface area contributed by atoms with E-state index in [1.54, 1.807) is 32.0 Å². The fourth-order valence-electron chi connectivity index (χ4n) is 1.16. The average molecular weight is 180 g/mol. The van der Waals surface area contributed by atoms with Gasteiger partial charge in [-0.05, 0) is 19.4 Å². The highest BCUT2D eigenvalue weighted by atomic mass is 16.4. The molecule has 1 atom stereocenters. The lowest BCUT2D eigenvalue weighted by atomic mass is 9.98. The van der Waals surface area contributed by atoms with Gasteiger partial charge < -0.3 is 10.2 Å². The van der Waals surface area contributed by atoms with Gasteiger partial charge in [-0.3, -0.25) is 4.79 Å². The second-order valence-electron chi connectivity index (χ2n) is 3.07. The predicted octanol–water partition coefficient (Wildman–Crippen LogP) is 1.89. The van der Waals surface area contributed by atoms with Crippen LogP contribution in [0.4, 0.5) is 0 Å². The first-order chi connectivity index (χ1) is 6.04. The Morgan fingerprint density at radius 1 is 1.46 bits per heavy atom. The van der Waals surface area contributed by atoms with E-state index in [0.29, 0.717) is 11.1 Å². The van der Waals surface area contributed by atoms with E-state index in [1.165, 1.54) is 0 Å². The summed E-state index contributed by atoms with van der Waals surface area (Å²) in [5.41, 5.74) is 1.16. The fraction of sp³-hybridized carbons (Fsp3) is 0.300. The van der Waals surface area contributed by atoms with Crippen LogP contribution in [0.5, 0.6) is 5.75 Å². The van der Waals surface area contributed by atoms with Crippen molar-refractivity contribution in [2.75, 3.05) is 0 Å². The Morgan fingerprint density at radius 3 is 2.62 bits per heavy atom. The van der Waals surface area contributed by atoms with Crippen LogP contribution in [-0.2, 0) is 4.79 Å². The molecule has 0 aliphatic carbocycles. The van der Waals surface area contributed by atoms with Crippen LogP contribution in [0.2, 0.25) is 0 Å². The minimum absolute atomic E-state index is 0.0809. The maximum Gasteiger partial charge on any atom is 0.310 e. The monoisotopic (exact) mass is 180 g/mol. The Bertz CT molecular complexity index is 331. The van der Waals surface area contributed by atoms with Gasteiger partial charge in [0.1, 0.15) is 5.75 Å². The number of carboxylic acid groups (broad SMARTS) is 1. The smallest absolute Gasteiger partial charge is 0.310 e. The molecule has 1 aromatic carbocycles. The van der Waals surface area contributed by atoms with Gasteiger partial charge in [0.15, 0.2) is 0 Å². The molecule has 3 heteroatoms. The SMILES string of the molecule is Cc1cccc(C(C)C(=O)O)c1O. The van der Waals surface area contributed by atoms with E-state index < -0.39 is 11.9 Å². The van der Waals surface area contributed by atoms with Crippen LogP contribution in [0.15, 0.2) is 18.2 Å². The van der Waals surface area contributed by atoms with Gasteiger partial charge in [-0.2, -0.15) is 0 Å². The van der Waals surface area contributed by atoms with Crippen molar-refractivity contribution in [3.8, 4) is 5.75 Å². The van der Waals surface area contributed by atoms with Gasteiger partial charge in [0.2, 0.25) is 0 Å². The molecule has 1 unspecified atom stereocenters. The third-order valence-corrected chi connectivity index (χ3v) is 2.11. The molecular weight excluding hydrogens is 168 g/mol. The average Bonchev–Trinajstić information content (AvgIpc) is 2.08. The summed E-state index contributed by atoms with van der Waals surface area (Å²) in [7, 11) is 0. The van der Waals surface area contributed by atoms with Crippen molar-refractivity contribution in [1.29, 1.82) is 0 Å². The van der Waals surface area contributed by atoms with Crippen LogP contribution in [-0.4, -0.2) is 16.2 Å². The molecular formula is C10H12O3. The standard InChI is InChI=1S/C10H12O3/c1-6-4-3-5-8(9(6)11)7(2)10(12)13/h3-5,7,11H,1-2H3,(H,12,13). The highest BCUT2D eigenvalue weighted by Crippen LogP contribution is 2.28. The van der Waals surface area contributed by atoms with Crippen molar-refractivity contribution >= 4 is 5.97 Å². The summed E-state index contributed by atoms with van der Waals surface area (Å²) in [5, 5.41) is 18.3. The highest BCUT2D eigenvalue weighted by molar-refractivity contribution is 5.76. The van der Waals surface area contributed by atoms with E-state index in [4.69, 9.17) is 5.11 Å². The van der Waals surface area contributed by atoms with E-state index in [2.05, 4.69) is 0 Å². The molecule has 1 aromatic rings. The van der Waals surface area contributed by atoms with Crippen LogP contribution in [0.3, 0.4) is 0 Å². The number of benzene rings is 1. The van der Waals surface area contributed by atoms with E-state index in [9.17, 15) is 9.90 Å². The van der Waals surface area contributed by atoms with Crippen LogP contribution in [0.1, 0.15) is 24.0 Å². The number of aromatic hydroxyl groups is 1. The van der Waals surface area contributed by atoms with E-state index in [-0.39, 0.29) is 5.75 Å². The lowest BCUT2D eigenvalue weighted by Crippen LogP contribution is -2.07. The number of rotatable bonds is 2. The molecule has 0 spiro atoms. The zero-order valence-corrected chi connectivity index (χ0v) is 7.61.